The van der Waals surface area contributed by atoms with E-state index in [2.05, 4.69) is 31.7 Å². The van der Waals surface area contributed by atoms with Crippen molar-refractivity contribution in [2.45, 2.75) is 19.3 Å². The van der Waals surface area contributed by atoms with E-state index in [-0.39, 0.29) is 11.8 Å². The normalized spacial score (nSPS) is 15.7. The molecule has 0 bridgehead atoms. The van der Waals surface area contributed by atoms with Crippen LogP contribution in [0.2, 0.25) is 0 Å². The predicted molar refractivity (Wildman–Crippen MR) is 80.0 cm³/mol. The van der Waals surface area contributed by atoms with Crippen LogP contribution in [-0.4, -0.2) is 36.3 Å². The summed E-state index contributed by atoms with van der Waals surface area (Å²) in [5.41, 5.74) is 5.38. The summed E-state index contributed by atoms with van der Waals surface area (Å²) in [6.45, 7) is 2.23. The number of likely N-dealkylation sites (tertiary alicyclic amines) is 1. The summed E-state index contributed by atoms with van der Waals surface area (Å²) >= 11 is 3.30. The van der Waals surface area contributed by atoms with Crippen LogP contribution in [0.1, 0.15) is 29.6 Å². The molecule has 0 saturated carbocycles. The van der Waals surface area contributed by atoms with E-state index in [0.717, 1.165) is 25.9 Å². The lowest BCUT2D eigenvalue weighted by molar-refractivity contribution is -0.123. The Bertz CT molecular complexity index is 487. The first-order valence-electron chi connectivity index (χ1n) is 6.73. The lowest BCUT2D eigenvalue weighted by atomic mass is 10.1. The molecule has 1 aliphatic rings. The molecule has 1 aromatic carbocycles. The van der Waals surface area contributed by atoms with Gasteiger partial charge in [-0.1, -0.05) is 18.6 Å². The molecule has 1 aromatic rings. The van der Waals surface area contributed by atoms with E-state index in [1.807, 2.05) is 6.07 Å². The van der Waals surface area contributed by atoms with Gasteiger partial charge in [-0.15, -0.1) is 0 Å². The average molecular weight is 340 g/mol. The third-order valence-corrected chi connectivity index (χ3v) is 3.94. The third-order valence-electron chi connectivity index (χ3n) is 3.25. The van der Waals surface area contributed by atoms with Gasteiger partial charge < -0.3 is 0 Å². The Morgan fingerprint density at radius 2 is 1.80 bits per heavy atom. The van der Waals surface area contributed by atoms with Gasteiger partial charge in [0, 0.05) is 4.47 Å². The predicted octanol–water partition coefficient (Wildman–Crippen LogP) is 1.70. The first-order chi connectivity index (χ1) is 9.66. The van der Waals surface area contributed by atoms with Crippen molar-refractivity contribution in [3.8, 4) is 0 Å². The van der Waals surface area contributed by atoms with E-state index in [9.17, 15) is 9.59 Å². The second-order valence-corrected chi connectivity index (χ2v) is 5.67. The standard InChI is InChI=1S/C14H18BrN3O2/c15-12-7-3-2-6-11(12)14(20)17-16-13(19)10-18-8-4-1-5-9-18/h2-3,6-7H,1,4-5,8-10H2,(H,16,19)(H,17,20). The van der Waals surface area contributed by atoms with E-state index in [1.54, 1.807) is 18.2 Å². The number of nitrogens with one attached hydrogen (secondary N) is 2. The van der Waals surface area contributed by atoms with Crippen LogP contribution in [-0.2, 0) is 4.79 Å². The van der Waals surface area contributed by atoms with Gasteiger partial charge in [0.15, 0.2) is 0 Å². The molecule has 108 valence electrons. The summed E-state index contributed by atoms with van der Waals surface area (Å²) in [6.07, 6.45) is 3.50. The van der Waals surface area contributed by atoms with Gasteiger partial charge in [0.2, 0.25) is 0 Å². The number of amides is 2. The van der Waals surface area contributed by atoms with Crippen molar-refractivity contribution in [2.24, 2.45) is 0 Å². The second kappa shape index (κ2) is 7.40. The van der Waals surface area contributed by atoms with Crippen molar-refractivity contribution in [1.82, 2.24) is 15.8 Å². The van der Waals surface area contributed by atoms with E-state index < -0.39 is 0 Å². The van der Waals surface area contributed by atoms with Gasteiger partial charge in [0.25, 0.3) is 11.8 Å². The maximum atomic E-state index is 11.9. The van der Waals surface area contributed by atoms with Crippen molar-refractivity contribution in [3.63, 3.8) is 0 Å². The number of nitrogens with zero attached hydrogens (tertiary/aromatic N) is 1. The fraction of sp³-hybridized carbons (Fsp3) is 0.429. The van der Waals surface area contributed by atoms with Crippen LogP contribution in [0.25, 0.3) is 0 Å². The van der Waals surface area contributed by atoms with Crippen LogP contribution in [0.5, 0.6) is 0 Å². The Hall–Kier alpha value is -1.40. The Morgan fingerprint density at radius 3 is 2.50 bits per heavy atom. The molecule has 1 fully saturated rings. The van der Waals surface area contributed by atoms with Crippen molar-refractivity contribution in [1.29, 1.82) is 0 Å². The fourth-order valence-electron chi connectivity index (χ4n) is 2.20. The summed E-state index contributed by atoms with van der Waals surface area (Å²) in [7, 11) is 0. The summed E-state index contributed by atoms with van der Waals surface area (Å²) in [5, 5.41) is 0. The number of hydrogen-bond donors (Lipinski definition) is 2. The van der Waals surface area contributed by atoms with Gasteiger partial charge in [-0.2, -0.15) is 0 Å². The lowest BCUT2D eigenvalue weighted by Gasteiger charge is -2.25. The minimum absolute atomic E-state index is 0.188. The van der Waals surface area contributed by atoms with Crippen LogP contribution in [0.3, 0.4) is 0 Å². The summed E-state index contributed by atoms with van der Waals surface area (Å²) in [6, 6.07) is 7.08. The molecule has 2 rings (SSSR count). The summed E-state index contributed by atoms with van der Waals surface area (Å²) in [4.78, 5) is 25.7. The molecule has 5 nitrogen and oxygen atoms in total. The highest BCUT2D eigenvalue weighted by atomic mass is 79.9. The topological polar surface area (TPSA) is 61.4 Å². The van der Waals surface area contributed by atoms with E-state index in [0.29, 0.717) is 16.6 Å². The second-order valence-electron chi connectivity index (χ2n) is 4.82. The van der Waals surface area contributed by atoms with Crippen molar-refractivity contribution < 1.29 is 9.59 Å². The fourth-order valence-corrected chi connectivity index (χ4v) is 2.66. The Kier molecular flexibility index (Phi) is 5.55. The van der Waals surface area contributed by atoms with E-state index >= 15 is 0 Å². The van der Waals surface area contributed by atoms with Gasteiger partial charge >= 0.3 is 0 Å². The van der Waals surface area contributed by atoms with Crippen LogP contribution < -0.4 is 10.9 Å². The first-order valence-corrected chi connectivity index (χ1v) is 7.52. The highest BCUT2D eigenvalue weighted by Gasteiger charge is 2.15. The van der Waals surface area contributed by atoms with Gasteiger partial charge in [-0.3, -0.25) is 25.3 Å². The SMILES string of the molecule is O=C(CN1CCCCC1)NNC(=O)c1ccccc1Br. The number of rotatable bonds is 3. The van der Waals surface area contributed by atoms with E-state index in [4.69, 9.17) is 0 Å². The smallest absolute Gasteiger partial charge is 0.270 e. The zero-order chi connectivity index (χ0) is 14.4. The minimum atomic E-state index is -0.329. The molecule has 2 amide bonds. The molecule has 1 heterocycles. The molecule has 1 aliphatic heterocycles. The maximum absolute atomic E-state index is 11.9. The average Bonchev–Trinajstić information content (AvgIpc) is 2.46. The summed E-state index contributed by atoms with van der Waals surface area (Å²) in [5.74, 6) is -0.517. The van der Waals surface area contributed by atoms with Gasteiger partial charge in [0.1, 0.15) is 0 Å². The van der Waals surface area contributed by atoms with Crippen LogP contribution in [0.4, 0.5) is 0 Å². The van der Waals surface area contributed by atoms with Gasteiger partial charge in [-0.05, 0) is 54.0 Å². The van der Waals surface area contributed by atoms with Crippen molar-refractivity contribution in [3.05, 3.63) is 34.3 Å². The number of hydrogen-bond acceptors (Lipinski definition) is 3. The number of piperidine rings is 1. The zero-order valence-corrected chi connectivity index (χ0v) is 12.8. The first kappa shape index (κ1) is 15.0. The molecular formula is C14H18BrN3O2. The maximum Gasteiger partial charge on any atom is 0.270 e. The number of benzene rings is 1. The van der Waals surface area contributed by atoms with Crippen LogP contribution in [0, 0.1) is 0 Å². The molecule has 0 spiro atoms. The minimum Gasteiger partial charge on any atom is -0.294 e. The zero-order valence-electron chi connectivity index (χ0n) is 11.2. The number of halogens is 1. The summed E-state index contributed by atoms with van der Waals surface area (Å²) < 4.78 is 0.697. The Labute approximate surface area is 126 Å². The number of carbonyl (C=O) groups excluding carboxylic acids is 2. The van der Waals surface area contributed by atoms with Crippen LogP contribution >= 0.6 is 15.9 Å². The third kappa shape index (κ3) is 4.31. The number of carbonyl (C=O) groups is 2. The van der Waals surface area contributed by atoms with E-state index in [1.165, 1.54) is 6.42 Å². The van der Waals surface area contributed by atoms with Crippen molar-refractivity contribution >= 4 is 27.7 Å². The van der Waals surface area contributed by atoms with Gasteiger partial charge in [-0.25, -0.2) is 0 Å². The lowest BCUT2D eigenvalue weighted by Crippen LogP contribution is -2.47. The number of hydrazine groups is 1. The molecule has 1 saturated heterocycles. The molecule has 0 aliphatic carbocycles. The van der Waals surface area contributed by atoms with Crippen molar-refractivity contribution in [2.75, 3.05) is 19.6 Å². The Balaban J connectivity index is 1.78. The van der Waals surface area contributed by atoms with Gasteiger partial charge in [0.05, 0.1) is 12.1 Å². The highest BCUT2D eigenvalue weighted by Crippen LogP contribution is 2.15. The molecule has 0 atom stereocenters. The molecule has 2 N–H and O–H groups in total. The molecule has 20 heavy (non-hydrogen) atoms. The monoisotopic (exact) mass is 339 g/mol. The molecule has 0 aromatic heterocycles. The molecular weight excluding hydrogens is 322 g/mol. The van der Waals surface area contributed by atoms with Crippen LogP contribution in [0.15, 0.2) is 28.7 Å². The largest absolute Gasteiger partial charge is 0.294 e. The molecule has 6 heteroatoms. The Morgan fingerprint density at radius 1 is 1.10 bits per heavy atom. The molecule has 0 radical (unpaired) electrons. The molecule has 0 unspecified atom stereocenters. The quantitative estimate of drug-likeness (QED) is 0.824. The highest BCUT2D eigenvalue weighted by molar-refractivity contribution is 9.10.